The summed E-state index contributed by atoms with van der Waals surface area (Å²) in [5.41, 5.74) is 0.398. The van der Waals surface area contributed by atoms with Crippen molar-refractivity contribution >= 4 is 39.3 Å². The van der Waals surface area contributed by atoms with E-state index < -0.39 is 10.8 Å². The molecule has 0 aliphatic rings. The Bertz CT molecular complexity index is 470. The molecule has 1 unspecified atom stereocenters. The minimum Gasteiger partial charge on any atom is -0.468 e. The molecule has 1 N–H and O–H groups in total. The fraction of sp³-hybridized carbons (Fsp3) is 0.636. The van der Waals surface area contributed by atoms with Crippen molar-refractivity contribution < 1.29 is 14.3 Å². The van der Waals surface area contributed by atoms with E-state index in [9.17, 15) is 9.59 Å². The highest BCUT2D eigenvalue weighted by Crippen LogP contribution is 2.25. The van der Waals surface area contributed by atoms with Crippen LogP contribution in [0.25, 0.3) is 0 Å². The van der Waals surface area contributed by atoms with E-state index in [1.165, 1.54) is 7.11 Å². The lowest BCUT2D eigenvalue weighted by atomic mass is 9.91. The second-order valence-electron chi connectivity index (χ2n) is 4.90. The predicted octanol–water partition coefficient (Wildman–Crippen LogP) is 1.50. The fourth-order valence-electron chi connectivity index (χ4n) is 1.30. The number of halogens is 1. The number of carbonyl (C=O) groups is 2. The Labute approximate surface area is 124 Å². The zero-order chi connectivity index (χ0) is 14.6. The van der Waals surface area contributed by atoms with Crippen LogP contribution in [0.3, 0.4) is 0 Å². The molecule has 106 valence electrons. The van der Waals surface area contributed by atoms with Crippen LogP contribution in [0.15, 0.2) is 0 Å². The van der Waals surface area contributed by atoms with Crippen LogP contribution in [0.4, 0.5) is 0 Å². The molecule has 0 fully saturated rings. The molecule has 19 heavy (non-hydrogen) atoms. The standard InChI is InChI=1S/C11H16BrN3O3S/c1-11(2,3)8-7(19-15-14-8)9(16)13-5-6(12)10(17)18-4/h6H,5H2,1-4H3,(H,13,16). The number of alkyl halides is 1. The van der Waals surface area contributed by atoms with Crippen molar-refractivity contribution in [2.75, 3.05) is 13.7 Å². The van der Waals surface area contributed by atoms with E-state index in [4.69, 9.17) is 0 Å². The predicted molar refractivity (Wildman–Crippen MR) is 75.7 cm³/mol. The van der Waals surface area contributed by atoms with Gasteiger partial charge in [-0.3, -0.25) is 9.59 Å². The van der Waals surface area contributed by atoms with Gasteiger partial charge < -0.3 is 10.1 Å². The molecule has 0 aliphatic heterocycles. The van der Waals surface area contributed by atoms with E-state index >= 15 is 0 Å². The topological polar surface area (TPSA) is 81.2 Å². The Morgan fingerprint density at radius 2 is 2.11 bits per heavy atom. The summed E-state index contributed by atoms with van der Waals surface area (Å²) in [4.78, 5) is 23.1. The van der Waals surface area contributed by atoms with E-state index in [0.717, 1.165) is 11.5 Å². The summed E-state index contributed by atoms with van der Waals surface area (Å²) in [6.07, 6.45) is 0. The third kappa shape index (κ3) is 4.24. The Morgan fingerprint density at radius 1 is 1.47 bits per heavy atom. The SMILES string of the molecule is COC(=O)C(Br)CNC(=O)c1snnc1C(C)(C)C. The van der Waals surface area contributed by atoms with Gasteiger partial charge in [0.05, 0.1) is 12.8 Å². The van der Waals surface area contributed by atoms with Crippen molar-refractivity contribution in [2.45, 2.75) is 31.0 Å². The summed E-state index contributed by atoms with van der Waals surface area (Å²) < 4.78 is 8.37. The fourth-order valence-corrected chi connectivity index (χ4v) is 2.45. The van der Waals surface area contributed by atoms with E-state index in [1.54, 1.807) is 0 Å². The van der Waals surface area contributed by atoms with Crippen molar-refractivity contribution in [3.63, 3.8) is 0 Å². The molecule has 0 radical (unpaired) electrons. The smallest absolute Gasteiger partial charge is 0.321 e. The minimum atomic E-state index is -0.569. The van der Waals surface area contributed by atoms with Crippen molar-refractivity contribution in [1.82, 2.24) is 14.9 Å². The van der Waals surface area contributed by atoms with E-state index in [-0.39, 0.29) is 17.9 Å². The van der Waals surface area contributed by atoms with Crippen LogP contribution >= 0.6 is 27.5 Å². The molecular formula is C11H16BrN3O3S. The number of nitrogens with one attached hydrogen (secondary N) is 1. The van der Waals surface area contributed by atoms with Crippen molar-refractivity contribution in [3.05, 3.63) is 10.6 Å². The van der Waals surface area contributed by atoms with Crippen molar-refractivity contribution in [3.8, 4) is 0 Å². The molecular weight excluding hydrogens is 334 g/mol. The van der Waals surface area contributed by atoms with Gasteiger partial charge in [-0.25, -0.2) is 0 Å². The van der Waals surface area contributed by atoms with Gasteiger partial charge in [0.15, 0.2) is 0 Å². The first kappa shape index (κ1) is 16.0. The molecule has 0 spiro atoms. The molecule has 1 rings (SSSR count). The van der Waals surface area contributed by atoms with Crippen LogP contribution in [-0.4, -0.2) is 39.9 Å². The molecule has 0 saturated heterocycles. The van der Waals surface area contributed by atoms with E-state index in [0.29, 0.717) is 10.6 Å². The van der Waals surface area contributed by atoms with Crippen molar-refractivity contribution in [2.24, 2.45) is 0 Å². The maximum Gasteiger partial charge on any atom is 0.321 e. The lowest BCUT2D eigenvalue weighted by molar-refractivity contribution is -0.139. The number of esters is 1. The first-order chi connectivity index (χ1) is 8.77. The monoisotopic (exact) mass is 349 g/mol. The summed E-state index contributed by atoms with van der Waals surface area (Å²) in [6, 6.07) is 0. The Hall–Kier alpha value is -1.02. The third-order valence-corrected chi connectivity index (χ3v) is 3.73. The maximum absolute atomic E-state index is 12.0. The summed E-state index contributed by atoms with van der Waals surface area (Å²) >= 11 is 4.18. The van der Waals surface area contributed by atoms with E-state index in [2.05, 4.69) is 35.6 Å². The second-order valence-corrected chi connectivity index (χ2v) is 6.76. The molecule has 1 atom stereocenters. The number of nitrogens with zero attached hydrogens (tertiary/aromatic N) is 2. The molecule has 1 aromatic heterocycles. The highest BCUT2D eigenvalue weighted by atomic mass is 79.9. The third-order valence-electron chi connectivity index (χ3n) is 2.30. The minimum absolute atomic E-state index is 0.146. The molecule has 0 saturated carbocycles. The average molecular weight is 350 g/mol. The number of hydrogen-bond acceptors (Lipinski definition) is 6. The number of ether oxygens (including phenoxy) is 1. The lowest BCUT2D eigenvalue weighted by Gasteiger charge is -2.16. The Kier molecular flexibility index (Phi) is 5.42. The summed E-state index contributed by atoms with van der Waals surface area (Å²) in [7, 11) is 1.29. The van der Waals surface area contributed by atoms with Gasteiger partial charge in [0.1, 0.15) is 9.70 Å². The van der Waals surface area contributed by atoms with Crippen LogP contribution in [0.1, 0.15) is 36.1 Å². The first-order valence-electron chi connectivity index (χ1n) is 5.60. The molecule has 1 heterocycles. The molecule has 6 nitrogen and oxygen atoms in total. The zero-order valence-electron chi connectivity index (χ0n) is 11.2. The number of rotatable bonds is 4. The second kappa shape index (κ2) is 6.42. The summed E-state index contributed by atoms with van der Waals surface area (Å²) in [5, 5.41) is 6.65. The number of amides is 1. The van der Waals surface area contributed by atoms with Gasteiger partial charge in [0.2, 0.25) is 0 Å². The van der Waals surface area contributed by atoms with Gasteiger partial charge in [0.25, 0.3) is 5.91 Å². The Balaban J connectivity index is 2.70. The first-order valence-corrected chi connectivity index (χ1v) is 7.29. The Morgan fingerprint density at radius 3 is 2.63 bits per heavy atom. The molecule has 8 heteroatoms. The number of methoxy groups -OCH3 is 1. The van der Waals surface area contributed by atoms with Crippen LogP contribution in [0, 0.1) is 0 Å². The highest BCUT2D eigenvalue weighted by molar-refractivity contribution is 9.10. The van der Waals surface area contributed by atoms with Crippen LogP contribution in [0.5, 0.6) is 0 Å². The van der Waals surface area contributed by atoms with Gasteiger partial charge >= 0.3 is 5.97 Å². The zero-order valence-corrected chi connectivity index (χ0v) is 13.6. The summed E-state index contributed by atoms with van der Waals surface area (Å²) in [6.45, 7) is 6.03. The number of aromatic nitrogens is 2. The van der Waals surface area contributed by atoms with Gasteiger partial charge in [-0.05, 0) is 11.5 Å². The number of hydrogen-bond donors (Lipinski definition) is 1. The van der Waals surface area contributed by atoms with Crippen LogP contribution < -0.4 is 5.32 Å². The maximum atomic E-state index is 12.0. The van der Waals surface area contributed by atoms with Crippen LogP contribution in [0.2, 0.25) is 0 Å². The molecule has 0 bridgehead atoms. The van der Waals surface area contributed by atoms with Gasteiger partial charge in [-0.2, -0.15) is 0 Å². The summed E-state index contributed by atoms with van der Waals surface area (Å²) in [5.74, 6) is -0.716. The molecule has 1 aromatic rings. The van der Waals surface area contributed by atoms with Gasteiger partial charge in [-0.1, -0.05) is 41.2 Å². The van der Waals surface area contributed by atoms with Crippen molar-refractivity contribution in [1.29, 1.82) is 0 Å². The average Bonchev–Trinajstić information content (AvgIpc) is 2.83. The molecule has 1 amide bonds. The van der Waals surface area contributed by atoms with Gasteiger partial charge in [0, 0.05) is 12.0 Å². The quantitative estimate of drug-likeness (QED) is 0.658. The normalized spacial score (nSPS) is 12.9. The molecule has 0 aromatic carbocycles. The highest BCUT2D eigenvalue weighted by Gasteiger charge is 2.27. The largest absolute Gasteiger partial charge is 0.468 e. The van der Waals surface area contributed by atoms with Gasteiger partial charge in [-0.15, -0.1) is 5.10 Å². The van der Waals surface area contributed by atoms with Crippen LogP contribution in [-0.2, 0) is 14.9 Å². The lowest BCUT2D eigenvalue weighted by Crippen LogP contribution is -2.34. The number of carbonyl (C=O) groups excluding carboxylic acids is 2. The van der Waals surface area contributed by atoms with E-state index in [1.807, 2.05) is 20.8 Å². The molecule has 0 aliphatic carbocycles.